The van der Waals surface area contributed by atoms with E-state index in [0.29, 0.717) is 32.6 Å². The van der Waals surface area contributed by atoms with E-state index in [-0.39, 0.29) is 17.9 Å². The van der Waals surface area contributed by atoms with Crippen LogP contribution in [0.25, 0.3) is 0 Å². The van der Waals surface area contributed by atoms with Crippen molar-refractivity contribution in [2.75, 3.05) is 11.1 Å². The lowest BCUT2D eigenvalue weighted by Gasteiger charge is -2.16. The van der Waals surface area contributed by atoms with Gasteiger partial charge < -0.3 is 15.8 Å². The number of hydrogen-bond acceptors (Lipinski definition) is 7. The monoisotopic (exact) mass is 414 g/mol. The van der Waals surface area contributed by atoms with Crippen molar-refractivity contribution in [1.82, 2.24) is 15.0 Å². The van der Waals surface area contributed by atoms with Crippen LogP contribution in [-0.2, 0) is 0 Å². The second-order valence-corrected chi connectivity index (χ2v) is 6.80. The molecule has 0 aliphatic carbocycles. The molecule has 3 rings (SSSR count). The van der Waals surface area contributed by atoms with E-state index in [2.05, 4.69) is 26.3 Å². The number of aromatic nitrogens is 3. The van der Waals surface area contributed by atoms with Gasteiger partial charge in [0.15, 0.2) is 5.75 Å². The van der Waals surface area contributed by atoms with Gasteiger partial charge in [-0.3, -0.25) is 0 Å². The van der Waals surface area contributed by atoms with Crippen LogP contribution in [0.3, 0.4) is 0 Å². The first-order valence-corrected chi connectivity index (χ1v) is 8.97. The Bertz CT molecular complexity index is 1060. The van der Waals surface area contributed by atoms with Gasteiger partial charge in [0, 0.05) is 10.7 Å². The number of nitrogen functional groups attached to an aromatic ring is 1. The van der Waals surface area contributed by atoms with Crippen molar-refractivity contribution >= 4 is 40.8 Å². The number of nitrogens with zero attached hydrogens (tertiary/aromatic N) is 4. The summed E-state index contributed by atoms with van der Waals surface area (Å²) >= 11 is 12.7. The molecule has 1 aromatic heterocycles. The molecule has 0 bridgehead atoms. The lowest BCUT2D eigenvalue weighted by molar-refractivity contribution is 0.438. The molecule has 28 heavy (non-hydrogen) atoms. The lowest BCUT2D eigenvalue weighted by Crippen LogP contribution is -2.06. The molecule has 0 amide bonds. The van der Waals surface area contributed by atoms with Gasteiger partial charge in [-0.05, 0) is 61.7 Å². The van der Waals surface area contributed by atoms with Gasteiger partial charge in [0.25, 0.3) is 0 Å². The smallest absolute Gasteiger partial charge is 0.328 e. The third-order valence-corrected chi connectivity index (χ3v) is 5.21. The highest BCUT2D eigenvalue weighted by Gasteiger charge is 2.18. The fourth-order valence-corrected chi connectivity index (χ4v) is 3.05. The Hall–Kier alpha value is -3.08. The number of nitrogens with one attached hydrogen (secondary N) is 1. The molecule has 0 radical (unpaired) electrons. The minimum Gasteiger partial charge on any atom is -0.422 e. The summed E-state index contributed by atoms with van der Waals surface area (Å²) in [6.07, 6.45) is 0. The second kappa shape index (κ2) is 7.89. The van der Waals surface area contributed by atoms with Crippen LogP contribution in [0, 0.1) is 32.1 Å². The first-order valence-electron chi connectivity index (χ1n) is 8.21. The maximum Gasteiger partial charge on any atom is 0.328 e. The maximum absolute atomic E-state index is 8.88. The highest BCUT2D eigenvalue weighted by Crippen LogP contribution is 2.40. The number of benzene rings is 2. The minimum atomic E-state index is -0.0164. The molecule has 142 valence electrons. The number of hydrogen-bond donors (Lipinski definition) is 2. The molecule has 0 spiro atoms. The molecule has 1 heterocycles. The predicted octanol–water partition coefficient (Wildman–Crippen LogP) is 5.09. The van der Waals surface area contributed by atoms with Crippen molar-refractivity contribution in [3.05, 3.63) is 56.6 Å². The molecule has 3 aromatic rings. The fourth-order valence-electron chi connectivity index (χ4n) is 2.49. The third-order valence-electron chi connectivity index (χ3n) is 4.19. The standard InChI is InChI=1S/C19H16Cl2N6O/c1-9-10(2)16(15(21)11(3)14(9)20)28-19-26-17(23)25-18(27-19)24-13-6-4-12(8-22)5-7-13/h4-7H,1-3H3,(H3,23,24,25,26,27). The molecule has 0 fully saturated rings. The lowest BCUT2D eigenvalue weighted by atomic mass is 10.1. The largest absolute Gasteiger partial charge is 0.422 e. The van der Waals surface area contributed by atoms with Crippen molar-refractivity contribution < 1.29 is 4.74 Å². The van der Waals surface area contributed by atoms with Crippen molar-refractivity contribution in [2.45, 2.75) is 20.8 Å². The Labute approximate surface area is 172 Å². The van der Waals surface area contributed by atoms with E-state index in [4.69, 9.17) is 38.9 Å². The number of halogens is 2. The van der Waals surface area contributed by atoms with E-state index in [0.717, 1.165) is 11.1 Å². The summed E-state index contributed by atoms with van der Waals surface area (Å²) in [4.78, 5) is 12.3. The Morgan fingerprint density at radius 3 is 2.29 bits per heavy atom. The number of nitrogens with two attached hydrogens (primary N) is 1. The molecular formula is C19H16Cl2N6O. The van der Waals surface area contributed by atoms with Crippen LogP contribution >= 0.6 is 23.2 Å². The Morgan fingerprint density at radius 1 is 0.964 bits per heavy atom. The summed E-state index contributed by atoms with van der Waals surface area (Å²) < 4.78 is 5.84. The molecule has 9 heteroatoms. The summed E-state index contributed by atoms with van der Waals surface area (Å²) in [5.41, 5.74) is 9.37. The molecule has 3 N–H and O–H groups in total. The van der Waals surface area contributed by atoms with Crippen LogP contribution in [0.4, 0.5) is 17.6 Å². The zero-order valence-corrected chi connectivity index (χ0v) is 16.9. The Balaban J connectivity index is 1.93. The van der Waals surface area contributed by atoms with Gasteiger partial charge in [-0.25, -0.2) is 0 Å². The van der Waals surface area contributed by atoms with E-state index >= 15 is 0 Å². The van der Waals surface area contributed by atoms with E-state index < -0.39 is 0 Å². The predicted molar refractivity (Wildman–Crippen MR) is 109 cm³/mol. The quantitative estimate of drug-likeness (QED) is 0.610. The van der Waals surface area contributed by atoms with Gasteiger partial charge in [0.1, 0.15) is 0 Å². The van der Waals surface area contributed by atoms with Crippen LogP contribution in [0.1, 0.15) is 22.3 Å². The minimum absolute atomic E-state index is 0.00484. The molecule has 0 aliphatic heterocycles. The summed E-state index contributed by atoms with van der Waals surface area (Å²) in [5, 5.41) is 12.8. The van der Waals surface area contributed by atoms with E-state index in [1.165, 1.54) is 0 Å². The summed E-state index contributed by atoms with van der Waals surface area (Å²) in [6, 6.07) is 8.85. The molecular weight excluding hydrogens is 399 g/mol. The highest BCUT2D eigenvalue weighted by molar-refractivity contribution is 6.37. The number of anilines is 3. The molecule has 7 nitrogen and oxygen atoms in total. The molecule has 0 saturated carbocycles. The zero-order chi connectivity index (χ0) is 20.4. The van der Waals surface area contributed by atoms with Crippen molar-refractivity contribution in [2.24, 2.45) is 0 Å². The SMILES string of the molecule is Cc1c(C)c(Oc2nc(N)nc(Nc3ccc(C#N)cc3)n2)c(Cl)c(C)c1Cl. The molecule has 2 aromatic carbocycles. The van der Waals surface area contributed by atoms with Crippen LogP contribution in [0.15, 0.2) is 24.3 Å². The van der Waals surface area contributed by atoms with Crippen molar-refractivity contribution in [3.63, 3.8) is 0 Å². The van der Waals surface area contributed by atoms with Gasteiger partial charge in [-0.2, -0.15) is 20.2 Å². The van der Waals surface area contributed by atoms with E-state index in [1.807, 2.05) is 20.8 Å². The zero-order valence-electron chi connectivity index (χ0n) is 15.3. The second-order valence-electron chi connectivity index (χ2n) is 6.05. The van der Waals surface area contributed by atoms with Gasteiger partial charge in [0.2, 0.25) is 11.9 Å². The normalized spacial score (nSPS) is 10.4. The Kier molecular flexibility index (Phi) is 5.54. The topological polar surface area (TPSA) is 110 Å². The van der Waals surface area contributed by atoms with Crippen molar-refractivity contribution in [1.29, 1.82) is 5.26 Å². The van der Waals surface area contributed by atoms with Gasteiger partial charge in [-0.15, -0.1) is 0 Å². The molecule has 0 aliphatic rings. The number of ether oxygens (including phenoxy) is 1. The third kappa shape index (κ3) is 3.93. The van der Waals surface area contributed by atoms with E-state index in [9.17, 15) is 0 Å². The van der Waals surface area contributed by atoms with Gasteiger partial charge in [-0.1, -0.05) is 23.2 Å². The number of nitriles is 1. The summed E-state index contributed by atoms with van der Waals surface area (Å²) in [7, 11) is 0. The van der Waals surface area contributed by atoms with Crippen molar-refractivity contribution in [3.8, 4) is 17.8 Å². The van der Waals surface area contributed by atoms with Crippen LogP contribution < -0.4 is 15.8 Å². The highest BCUT2D eigenvalue weighted by atomic mass is 35.5. The van der Waals surface area contributed by atoms with Crippen LogP contribution in [-0.4, -0.2) is 15.0 Å². The first kappa shape index (κ1) is 19.7. The Morgan fingerprint density at radius 2 is 1.64 bits per heavy atom. The van der Waals surface area contributed by atoms with Gasteiger partial charge in [0.05, 0.1) is 16.7 Å². The average molecular weight is 415 g/mol. The maximum atomic E-state index is 8.88. The fraction of sp³-hybridized carbons (Fsp3) is 0.158. The first-order chi connectivity index (χ1) is 13.3. The molecule has 0 unspecified atom stereocenters. The van der Waals surface area contributed by atoms with Gasteiger partial charge >= 0.3 is 6.01 Å². The van der Waals surface area contributed by atoms with Crippen LogP contribution in [0.2, 0.25) is 10.0 Å². The number of rotatable bonds is 4. The van der Waals surface area contributed by atoms with E-state index in [1.54, 1.807) is 24.3 Å². The molecule has 0 saturated heterocycles. The van der Waals surface area contributed by atoms with Crippen LogP contribution in [0.5, 0.6) is 11.8 Å². The summed E-state index contributed by atoms with van der Waals surface area (Å²) in [5.74, 6) is 0.594. The molecule has 0 atom stereocenters. The summed E-state index contributed by atoms with van der Waals surface area (Å²) in [6.45, 7) is 5.54. The average Bonchev–Trinajstić information content (AvgIpc) is 2.68.